The van der Waals surface area contributed by atoms with Gasteiger partial charge in [-0.05, 0) is 13.8 Å². The Hall–Kier alpha value is -1.03. The van der Waals surface area contributed by atoms with Crippen molar-refractivity contribution in [2.45, 2.75) is 13.8 Å². The predicted octanol–water partition coefficient (Wildman–Crippen LogP) is 0.441. The maximum absolute atomic E-state index is 8.63. The number of aryl methyl sites for hydroxylation is 2. The summed E-state index contributed by atoms with van der Waals surface area (Å²) >= 11 is 0. The van der Waals surface area contributed by atoms with Crippen LogP contribution in [0.25, 0.3) is 0 Å². The van der Waals surface area contributed by atoms with Gasteiger partial charge in [-0.1, -0.05) is 0 Å². The minimum absolute atomic E-state index is 0.147. The molecule has 0 aliphatic heterocycles. The third-order valence-electron chi connectivity index (χ3n) is 1.92. The Labute approximate surface area is 72.2 Å². The number of aromatic nitrogens is 2. The van der Waals surface area contributed by atoms with Gasteiger partial charge in [0, 0.05) is 13.6 Å². The molecule has 12 heavy (non-hydrogen) atoms. The normalized spacial score (nSPS) is 10.3. The summed E-state index contributed by atoms with van der Waals surface area (Å²) in [6, 6.07) is 0. The summed E-state index contributed by atoms with van der Waals surface area (Å²) < 4.78 is 1.83. The van der Waals surface area contributed by atoms with E-state index in [1.54, 1.807) is 0 Å². The Morgan fingerprint density at radius 3 is 2.58 bits per heavy atom. The van der Waals surface area contributed by atoms with Gasteiger partial charge in [-0.3, -0.25) is 4.68 Å². The molecule has 0 saturated carbocycles. The van der Waals surface area contributed by atoms with E-state index < -0.39 is 0 Å². The number of aliphatic hydroxyl groups excluding tert-OH is 1. The molecule has 1 rings (SSSR count). The van der Waals surface area contributed by atoms with Crippen molar-refractivity contribution in [1.82, 2.24) is 9.78 Å². The summed E-state index contributed by atoms with van der Waals surface area (Å²) in [5, 5.41) is 16.0. The lowest BCUT2D eigenvalue weighted by Gasteiger charge is -2.03. The summed E-state index contributed by atoms with van der Waals surface area (Å²) in [6.07, 6.45) is 0. The first kappa shape index (κ1) is 9.06. The van der Waals surface area contributed by atoms with Gasteiger partial charge in [-0.2, -0.15) is 5.10 Å². The van der Waals surface area contributed by atoms with Crippen LogP contribution in [0.1, 0.15) is 11.4 Å². The minimum Gasteiger partial charge on any atom is -0.395 e. The third kappa shape index (κ3) is 1.58. The molecule has 0 unspecified atom stereocenters. The monoisotopic (exact) mass is 169 g/mol. The molecule has 4 heteroatoms. The molecule has 1 aromatic heterocycles. The molecule has 0 fully saturated rings. The van der Waals surface area contributed by atoms with Crippen LogP contribution in [0.5, 0.6) is 0 Å². The van der Waals surface area contributed by atoms with Crippen LogP contribution in [-0.4, -0.2) is 28.0 Å². The summed E-state index contributed by atoms with van der Waals surface area (Å²) in [4.78, 5) is 0. The van der Waals surface area contributed by atoms with Crippen LogP contribution in [0.15, 0.2) is 0 Å². The van der Waals surface area contributed by atoms with Crippen LogP contribution in [0.4, 0.5) is 5.69 Å². The smallest absolute Gasteiger partial charge is 0.0827 e. The third-order valence-corrected chi connectivity index (χ3v) is 1.92. The Morgan fingerprint density at radius 1 is 1.50 bits per heavy atom. The van der Waals surface area contributed by atoms with Crippen LogP contribution in [-0.2, 0) is 7.05 Å². The lowest BCUT2D eigenvalue weighted by molar-refractivity contribution is 0.311. The van der Waals surface area contributed by atoms with Crippen molar-refractivity contribution in [3.05, 3.63) is 11.4 Å². The zero-order valence-corrected chi connectivity index (χ0v) is 7.76. The second-order valence-corrected chi connectivity index (χ2v) is 2.82. The standard InChI is InChI=1S/C8H15N3O/c1-6-8(9-4-5-12)7(2)11(3)10-6/h9,12H,4-5H2,1-3H3. The van der Waals surface area contributed by atoms with E-state index in [-0.39, 0.29) is 6.61 Å². The van der Waals surface area contributed by atoms with Crippen molar-refractivity contribution >= 4 is 5.69 Å². The van der Waals surface area contributed by atoms with Gasteiger partial charge in [0.25, 0.3) is 0 Å². The number of aliphatic hydroxyl groups is 1. The summed E-state index contributed by atoms with van der Waals surface area (Å²) in [6.45, 7) is 4.67. The molecule has 0 spiro atoms. The molecular formula is C8H15N3O. The first-order valence-electron chi connectivity index (χ1n) is 4.01. The highest BCUT2D eigenvalue weighted by Crippen LogP contribution is 2.17. The number of rotatable bonds is 3. The molecule has 0 aliphatic rings. The molecule has 0 saturated heterocycles. The van der Waals surface area contributed by atoms with Gasteiger partial charge < -0.3 is 10.4 Å². The van der Waals surface area contributed by atoms with E-state index in [1.807, 2.05) is 25.6 Å². The SMILES string of the molecule is Cc1nn(C)c(C)c1NCCO. The second-order valence-electron chi connectivity index (χ2n) is 2.82. The van der Waals surface area contributed by atoms with Crippen molar-refractivity contribution in [2.24, 2.45) is 7.05 Å². The maximum atomic E-state index is 8.63. The van der Waals surface area contributed by atoms with E-state index in [9.17, 15) is 0 Å². The number of nitrogens with zero attached hydrogens (tertiary/aromatic N) is 2. The number of hydrogen-bond donors (Lipinski definition) is 2. The first-order valence-corrected chi connectivity index (χ1v) is 4.01. The fraction of sp³-hybridized carbons (Fsp3) is 0.625. The molecule has 1 aromatic rings. The first-order chi connectivity index (χ1) is 5.66. The van der Waals surface area contributed by atoms with E-state index in [2.05, 4.69) is 10.4 Å². The van der Waals surface area contributed by atoms with Gasteiger partial charge in [0.05, 0.1) is 23.7 Å². The Balaban J connectivity index is 2.82. The molecule has 0 bridgehead atoms. The zero-order chi connectivity index (χ0) is 9.14. The average Bonchev–Trinajstić information content (AvgIpc) is 2.25. The highest BCUT2D eigenvalue weighted by molar-refractivity contribution is 5.51. The van der Waals surface area contributed by atoms with Crippen LogP contribution in [0.2, 0.25) is 0 Å². The molecule has 0 amide bonds. The highest BCUT2D eigenvalue weighted by Gasteiger charge is 2.07. The van der Waals surface area contributed by atoms with Crippen LogP contribution in [0.3, 0.4) is 0 Å². The van der Waals surface area contributed by atoms with Crippen molar-refractivity contribution < 1.29 is 5.11 Å². The number of nitrogens with one attached hydrogen (secondary N) is 1. The van der Waals surface area contributed by atoms with Crippen molar-refractivity contribution in [1.29, 1.82) is 0 Å². The molecule has 1 heterocycles. The minimum atomic E-state index is 0.147. The van der Waals surface area contributed by atoms with Gasteiger partial charge in [0.2, 0.25) is 0 Å². The quantitative estimate of drug-likeness (QED) is 0.690. The zero-order valence-electron chi connectivity index (χ0n) is 7.76. The lowest BCUT2D eigenvalue weighted by Crippen LogP contribution is -2.06. The molecule has 0 aliphatic carbocycles. The molecular weight excluding hydrogens is 154 g/mol. The number of anilines is 1. The van der Waals surface area contributed by atoms with Gasteiger partial charge in [-0.25, -0.2) is 0 Å². The van der Waals surface area contributed by atoms with E-state index in [0.29, 0.717) is 6.54 Å². The Kier molecular flexibility index (Phi) is 2.70. The summed E-state index contributed by atoms with van der Waals surface area (Å²) in [5.74, 6) is 0. The molecule has 0 aromatic carbocycles. The molecule has 0 radical (unpaired) electrons. The van der Waals surface area contributed by atoms with E-state index in [4.69, 9.17) is 5.11 Å². The topological polar surface area (TPSA) is 50.1 Å². The van der Waals surface area contributed by atoms with Crippen molar-refractivity contribution in [2.75, 3.05) is 18.5 Å². The highest BCUT2D eigenvalue weighted by atomic mass is 16.3. The fourth-order valence-electron chi connectivity index (χ4n) is 1.21. The van der Waals surface area contributed by atoms with Gasteiger partial charge >= 0.3 is 0 Å². The largest absolute Gasteiger partial charge is 0.395 e. The van der Waals surface area contributed by atoms with Crippen molar-refractivity contribution in [3.63, 3.8) is 0 Å². The molecule has 0 atom stereocenters. The molecule has 4 nitrogen and oxygen atoms in total. The van der Waals surface area contributed by atoms with E-state index >= 15 is 0 Å². The number of hydrogen-bond acceptors (Lipinski definition) is 3. The van der Waals surface area contributed by atoms with E-state index in [1.165, 1.54) is 0 Å². The summed E-state index contributed by atoms with van der Waals surface area (Å²) in [5.41, 5.74) is 3.11. The lowest BCUT2D eigenvalue weighted by atomic mass is 10.3. The molecule has 68 valence electrons. The Morgan fingerprint density at radius 2 is 2.17 bits per heavy atom. The van der Waals surface area contributed by atoms with Gasteiger partial charge in [-0.15, -0.1) is 0 Å². The van der Waals surface area contributed by atoms with Crippen LogP contribution < -0.4 is 5.32 Å². The molecule has 2 N–H and O–H groups in total. The second kappa shape index (κ2) is 3.58. The average molecular weight is 169 g/mol. The van der Waals surface area contributed by atoms with Crippen molar-refractivity contribution in [3.8, 4) is 0 Å². The van der Waals surface area contributed by atoms with Gasteiger partial charge in [0.1, 0.15) is 0 Å². The maximum Gasteiger partial charge on any atom is 0.0827 e. The van der Waals surface area contributed by atoms with Crippen LogP contribution >= 0.6 is 0 Å². The Bertz CT molecular complexity index is 268. The van der Waals surface area contributed by atoms with E-state index in [0.717, 1.165) is 17.1 Å². The summed E-state index contributed by atoms with van der Waals surface area (Å²) in [7, 11) is 1.91. The predicted molar refractivity (Wildman–Crippen MR) is 48.3 cm³/mol. The van der Waals surface area contributed by atoms with Crippen LogP contribution in [0, 0.1) is 13.8 Å². The van der Waals surface area contributed by atoms with Gasteiger partial charge in [0.15, 0.2) is 0 Å². The fourth-order valence-corrected chi connectivity index (χ4v) is 1.21.